The van der Waals surface area contributed by atoms with Crippen LogP contribution in [-0.4, -0.2) is 42.4 Å². The highest BCUT2D eigenvalue weighted by Gasteiger charge is 2.43. The minimum absolute atomic E-state index is 0.237. The van der Waals surface area contributed by atoms with E-state index in [1.54, 1.807) is 12.1 Å². The number of esters is 1. The summed E-state index contributed by atoms with van der Waals surface area (Å²) in [4.78, 5) is 21.3. The Morgan fingerprint density at radius 3 is 2.27 bits per heavy atom. The number of halogens is 1. The first-order valence-electron chi connectivity index (χ1n) is 16.5. The Morgan fingerprint density at radius 1 is 0.978 bits per heavy atom. The van der Waals surface area contributed by atoms with Crippen LogP contribution in [-0.2, 0) is 20.7 Å². The lowest BCUT2D eigenvalue weighted by molar-refractivity contribution is -0.171. The second kappa shape index (κ2) is 13.5. The van der Waals surface area contributed by atoms with Crippen LogP contribution in [0, 0.1) is 25.1 Å². The van der Waals surface area contributed by atoms with Crippen molar-refractivity contribution in [2.45, 2.75) is 105 Å². The van der Waals surface area contributed by atoms with Crippen molar-refractivity contribution in [3.8, 4) is 16.9 Å². The van der Waals surface area contributed by atoms with Gasteiger partial charge in [0.2, 0.25) is 0 Å². The number of aromatic nitrogens is 1. The van der Waals surface area contributed by atoms with Gasteiger partial charge in [-0.15, -0.1) is 0 Å². The maximum atomic E-state index is 13.8. The lowest BCUT2D eigenvalue weighted by Gasteiger charge is -2.34. The van der Waals surface area contributed by atoms with Gasteiger partial charge < -0.3 is 19.1 Å². The highest BCUT2D eigenvalue weighted by Crippen LogP contribution is 2.50. The van der Waals surface area contributed by atoms with Crippen molar-refractivity contribution in [2.75, 3.05) is 24.6 Å². The van der Waals surface area contributed by atoms with E-state index in [1.165, 1.54) is 37.8 Å². The van der Waals surface area contributed by atoms with Crippen molar-refractivity contribution in [2.24, 2.45) is 5.41 Å². The topological polar surface area (TPSA) is 60.9 Å². The molecule has 5 rings (SSSR count). The van der Waals surface area contributed by atoms with Gasteiger partial charge >= 0.3 is 5.97 Å². The first kappa shape index (κ1) is 32.9. The molecule has 1 aromatic heterocycles. The van der Waals surface area contributed by atoms with Gasteiger partial charge in [-0.1, -0.05) is 37.1 Å². The highest BCUT2D eigenvalue weighted by atomic mass is 19.1. The summed E-state index contributed by atoms with van der Waals surface area (Å²) in [6.45, 7) is 16.1. The Bertz CT molecular complexity index is 1470. The van der Waals surface area contributed by atoms with Gasteiger partial charge in [-0.2, -0.15) is 0 Å². The van der Waals surface area contributed by atoms with Crippen molar-refractivity contribution in [1.82, 2.24) is 4.98 Å². The Kier molecular flexibility index (Phi) is 9.88. The monoisotopic (exact) mass is 616 g/mol. The van der Waals surface area contributed by atoms with Gasteiger partial charge in [0.25, 0.3) is 0 Å². The number of aryl methyl sites for hydroxylation is 2. The van der Waals surface area contributed by atoms with Crippen molar-refractivity contribution in [3.63, 3.8) is 0 Å². The van der Waals surface area contributed by atoms with Gasteiger partial charge in [0.15, 0.2) is 6.10 Å². The van der Waals surface area contributed by atoms with Crippen LogP contribution in [0.25, 0.3) is 11.1 Å². The van der Waals surface area contributed by atoms with Gasteiger partial charge in [-0.25, -0.2) is 9.18 Å². The van der Waals surface area contributed by atoms with Crippen molar-refractivity contribution < 1.29 is 23.4 Å². The molecule has 7 heteroatoms. The predicted octanol–water partition coefficient (Wildman–Crippen LogP) is 8.70. The SMILES string of the molecule is Cc1nc(C)c([C@H](OC(C)(C)C)C(=O)OC(C)C)c(N2CCC3(CCCC3)C2)c1-c1ccc(OCCc2ccc(F)cc2)cc1. The largest absolute Gasteiger partial charge is 0.493 e. The molecule has 2 aromatic carbocycles. The third-order valence-corrected chi connectivity index (χ3v) is 9.01. The zero-order chi connectivity index (χ0) is 32.4. The van der Waals surface area contributed by atoms with Crippen LogP contribution in [0.3, 0.4) is 0 Å². The number of nitrogens with zero attached hydrogens (tertiary/aromatic N) is 2. The number of ether oxygens (including phenoxy) is 3. The fraction of sp³-hybridized carbons (Fsp3) is 0.526. The highest BCUT2D eigenvalue weighted by molar-refractivity contribution is 5.88. The van der Waals surface area contributed by atoms with Crippen molar-refractivity contribution >= 4 is 11.7 Å². The predicted molar refractivity (Wildman–Crippen MR) is 177 cm³/mol. The summed E-state index contributed by atoms with van der Waals surface area (Å²) in [5, 5.41) is 0. The quantitative estimate of drug-likeness (QED) is 0.212. The summed E-state index contributed by atoms with van der Waals surface area (Å²) >= 11 is 0. The van der Waals surface area contributed by atoms with Crippen LogP contribution in [0.4, 0.5) is 10.1 Å². The second-order valence-electron chi connectivity index (χ2n) is 14.1. The second-order valence-corrected chi connectivity index (χ2v) is 14.1. The first-order valence-corrected chi connectivity index (χ1v) is 16.5. The molecule has 45 heavy (non-hydrogen) atoms. The number of rotatable bonds is 10. The fourth-order valence-electron chi connectivity index (χ4n) is 7.02. The normalized spacial score (nSPS) is 16.9. The lowest BCUT2D eigenvalue weighted by atomic mass is 9.85. The van der Waals surface area contributed by atoms with Crippen LogP contribution in [0.1, 0.15) is 95.3 Å². The molecule has 6 nitrogen and oxygen atoms in total. The van der Waals surface area contributed by atoms with E-state index in [0.717, 1.165) is 64.6 Å². The van der Waals surface area contributed by atoms with Gasteiger partial charge in [0, 0.05) is 42.0 Å². The minimum Gasteiger partial charge on any atom is -0.493 e. The third-order valence-electron chi connectivity index (χ3n) is 9.01. The van der Waals surface area contributed by atoms with E-state index >= 15 is 0 Å². The molecule has 1 aliphatic heterocycles. The first-order chi connectivity index (χ1) is 21.3. The molecule has 2 aliphatic rings. The van der Waals surface area contributed by atoms with Crippen molar-refractivity contribution in [3.05, 3.63) is 76.9 Å². The fourth-order valence-corrected chi connectivity index (χ4v) is 7.02. The number of benzene rings is 2. The number of pyridine rings is 1. The molecule has 1 saturated carbocycles. The molecule has 1 aliphatic carbocycles. The van der Waals surface area contributed by atoms with E-state index in [4.69, 9.17) is 19.2 Å². The van der Waals surface area contributed by atoms with Gasteiger partial charge in [0.05, 0.1) is 24.0 Å². The molecule has 3 aromatic rings. The van der Waals surface area contributed by atoms with Crippen molar-refractivity contribution in [1.29, 1.82) is 0 Å². The number of hydrogen-bond acceptors (Lipinski definition) is 6. The molecular weight excluding hydrogens is 567 g/mol. The van der Waals surface area contributed by atoms with Gasteiger partial charge in [-0.3, -0.25) is 4.98 Å². The molecule has 0 radical (unpaired) electrons. The molecule has 0 bridgehead atoms. The summed E-state index contributed by atoms with van der Waals surface area (Å²) < 4.78 is 31.7. The average Bonchev–Trinajstić information content (AvgIpc) is 3.61. The molecule has 0 amide bonds. The van der Waals surface area contributed by atoms with Gasteiger partial charge in [0.1, 0.15) is 11.6 Å². The van der Waals surface area contributed by atoms with E-state index in [0.29, 0.717) is 18.4 Å². The molecular formula is C38H49FN2O4. The van der Waals surface area contributed by atoms with Crippen LogP contribution >= 0.6 is 0 Å². The number of anilines is 1. The Morgan fingerprint density at radius 2 is 1.64 bits per heavy atom. The smallest absolute Gasteiger partial charge is 0.340 e. The number of carbonyl (C=O) groups is 1. The Labute approximate surface area is 268 Å². The molecule has 1 atom stereocenters. The molecule has 0 unspecified atom stereocenters. The molecule has 1 spiro atoms. The van der Waals surface area contributed by atoms with E-state index in [9.17, 15) is 9.18 Å². The van der Waals surface area contributed by atoms with Crippen LogP contribution in [0.15, 0.2) is 48.5 Å². The molecule has 1 saturated heterocycles. The Balaban J connectivity index is 1.54. The average molecular weight is 617 g/mol. The van der Waals surface area contributed by atoms with E-state index < -0.39 is 11.7 Å². The van der Waals surface area contributed by atoms with E-state index in [1.807, 2.05) is 53.7 Å². The molecule has 2 fully saturated rings. The summed E-state index contributed by atoms with van der Waals surface area (Å²) in [7, 11) is 0. The summed E-state index contributed by atoms with van der Waals surface area (Å²) in [5.41, 5.74) is 6.32. The number of hydrogen-bond donors (Lipinski definition) is 0. The van der Waals surface area contributed by atoms with Gasteiger partial charge in [-0.05, 0) is 109 Å². The summed E-state index contributed by atoms with van der Waals surface area (Å²) in [5.74, 6) is 0.139. The molecule has 2 heterocycles. The standard InChI is InChI=1S/C38H49FN2O4/c1-25(2)44-36(42)35(45-37(5,6)7)33-27(4)40-26(3)32(34(33)41-22-21-38(24-41)19-8-9-20-38)29-12-16-31(17-13-29)43-23-18-28-10-14-30(39)15-11-28/h10-17,25,35H,8-9,18-24H2,1-7H3/t35-/m0/s1. The lowest BCUT2D eigenvalue weighted by Crippen LogP contribution is -2.33. The maximum absolute atomic E-state index is 13.8. The number of carbonyl (C=O) groups excluding carboxylic acids is 1. The van der Waals surface area contributed by atoms with Crippen LogP contribution in [0.2, 0.25) is 0 Å². The minimum atomic E-state index is -0.913. The molecule has 0 N–H and O–H groups in total. The van der Waals surface area contributed by atoms with Crippen LogP contribution in [0.5, 0.6) is 5.75 Å². The Hall–Kier alpha value is -3.45. The summed E-state index contributed by atoms with van der Waals surface area (Å²) in [6.07, 6.45) is 5.71. The summed E-state index contributed by atoms with van der Waals surface area (Å²) in [6, 6.07) is 14.7. The maximum Gasteiger partial charge on any atom is 0.340 e. The van der Waals surface area contributed by atoms with Crippen LogP contribution < -0.4 is 9.64 Å². The third kappa shape index (κ3) is 7.86. The zero-order valence-corrected chi connectivity index (χ0v) is 28.0. The molecule has 242 valence electrons. The van der Waals surface area contributed by atoms with E-state index in [2.05, 4.69) is 24.0 Å². The zero-order valence-electron chi connectivity index (χ0n) is 28.0. The van der Waals surface area contributed by atoms with E-state index in [-0.39, 0.29) is 17.9 Å².